The van der Waals surface area contributed by atoms with Gasteiger partial charge < -0.3 is 29.2 Å². The highest BCUT2D eigenvalue weighted by molar-refractivity contribution is 5.16. The lowest BCUT2D eigenvalue weighted by Gasteiger charge is -2.35. The molecule has 0 saturated carbocycles. The first-order chi connectivity index (χ1) is 19.7. The quantitative estimate of drug-likeness (QED) is 0.188. The summed E-state index contributed by atoms with van der Waals surface area (Å²) < 4.78 is 24.8. The summed E-state index contributed by atoms with van der Waals surface area (Å²) in [5, 5.41) is 21.8. The lowest BCUT2D eigenvalue weighted by atomic mass is 10.0. The Bertz CT molecular complexity index is 1190. The van der Waals surface area contributed by atoms with Crippen LogP contribution in [0.15, 0.2) is 121 Å². The van der Waals surface area contributed by atoms with Gasteiger partial charge in [-0.2, -0.15) is 0 Å². The maximum Gasteiger partial charge on any atom is 0.115 e. The first-order valence-corrected chi connectivity index (χ1v) is 13.6. The van der Waals surface area contributed by atoms with Crippen molar-refractivity contribution in [3.63, 3.8) is 0 Å². The number of aliphatic hydroxyl groups is 2. The van der Waals surface area contributed by atoms with Crippen molar-refractivity contribution in [1.82, 2.24) is 0 Å². The number of rotatable bonds is 17. The largest absolute Gasteiger partial charge is 0.394 e. The Morgan fingerprint density at radius 1 is 0.475 bits per heavy atom. The lowest BCUT2D eigenvalue weighted by Crippen LogP contribution is -2.51. The van der Waals surface area contributed by atoms with Gasteiger partial charge in [-0.05, 0) is 22.3 Å². The van der Waals surface area contributed by atoms with E-state index in [1.54, 1.807) is 0 Å². The van der Waals surface area contributed by atoms with Crippen molar-refractivity contribution in [3.8, 4) is 0 Å². The van der Waals surface area contributed by atoms with Gasteiger partial charge >= 0.3 is 0 Å². The van der Waals surface area contributed by atoms with Crippen LogP contribution < -0.4 is 0 Å². The van der Waals surface area contributed by atoms with Crippen molar-refractivity contribution in [1.29, 1.82) is 0 Å². The Kier molecular flexibility index (Phi) is 12.3. The molecule has 210 valence electrons. The first-order valence-electron chi connectivity index (χ1n) is 13.6. The average Bonchev–Trinajstić information content (AvgIpc) is 3.01. The van der Waals surface area contributed by atoms with E-state index in [-0.39, 0.29) is 33.0 Å². The van der Waals surface area contributed by atoms with E-state index in [1.165, 1.54) is 0 Å². The van der Waals surface area contributed by atoms with E-state index in [4.69, 9.17) is 18.9 Å². The molecule has 0 aliphatic heterocycles. The minimum atomic E-state index is -1.04. The third-order valence-corrected chi connectivity index (χ3v) is 6.53. The highest BCUT2D eigenvalue weighted by atomic mass is 16.6. The van der Waals surface area contributed by atoms with Crippen LogP contribution in [0.1, 0.15) is 22.3 Å². The van der Waals surface area contributed by atoms with Crippen LogP contribution >= 0.6 is 0 Å². The summed E-state index contributed by atoms with van der Waals surface area (Å²) >= 11 is 0. The molecule has 0 saturated heterocycles. The topological polar surface area (TPSA) is 77.4 Å². The van der Waals surface area contributed by atoms with Crippen LogP contribution in [-0.2, 0) is 45.4 Å². The predicted molar refractivity (Wildman–Crippen MR) is 154 cm³/mol. The summed E-state index contributed by atoms with van der Waals surface area (Å²) in [5.74, 6) is 0. The lowest BCUT2D eigenvalue weighted by molar-refractivity contribution is -0.193. The van der Waals surface area contributed by atoms with Crippen LogP contribution in [0.25, 0.3) is 0 Å². The molecule has 0 heterocycles. The molecular weight excluding hydrogens is 504 g/mol. The molecule has 0 aliphatic rings. The molecule has 0 aromatic heterocycles. The minimum Gasteiger partial charge on any atom is -0.394 e. The van der Waals surface area contributed by atoms with Gasteiger partial charge in [-0.1, -0.05) is 121 Å². The zero-order valence-electron chi connectivity index (χ0n) is 22.6. The van der Waals surface area contributed by atoms with E-state index in [9.17, 15) is 10.2 Å². The molecule has 4 atom stereocenters. The second-order valence-electron chi connectivity index (χ2n) is 9.61. The number of hydrogen-bond acceptors (Lipinski definition) is 6. The molecule has 0 spiro atoms. The smallest absolute Gasteiger partial charge is 0.115 e. The Balaban J connectivity index is 1.53. The molecule has 4 aromatic rings. The molecule has 0 fully saturated rings. The van der Waals surface area contributed by atoms with E-state index in [0.717, 1.165) is 22.3 Å². The molecule has 6 nitrogen and oxygen atoms in total. The highest BCUT2D eigenvalue weighted by Crippen LogP contribution is 2.21. The molecule has 40 heavy (non-hydrogen) atoms. The zero-order chi connectivity index (χ0) is 27.8. The fourth-order valence-corrected chi connectivity index (χ4v) is 4.37. The first kappa shape index (κ1) is 29.6. The van der Waals surface area contributed by atoms with E-state index in [2.05, 4.69) is 0 Å². The van der Waals surface area contributed by atoms with Gasteiger partial charge in [-0.15, -0.1) is 0 Å². The molecule has 0 amide bonds. The molecule has 4 aromatic carbocycles. The van der Waals surface area contributed by atoms with Crippen LogP contribution in [0.2, 0.25) is 0 Å². The molecular formula is C34H38O6. The van der Waals surface area contributed by atoms with Crippen LogP contribution in [0.3, 0.4) is 0 Å². The van der Waals surface area contributed by atoms with Crippen LogP contribution in [0.5, 0.6) is 0 Å². The third-order valence-electron chi connectivity index (χ3n) is 6.53. The van der Waals surface area contributed by atoms with Gasteiger partial charge in [0.1, 0.15) is 24.4 Å². The minimum absolute atomic E-state index is 0.0242. The summed E-state index contributed by atoms with van der Waals surface area (Å²) in [5.41, 5.74) is 3.89. The summed E-state index contributed by atoms with van der Waals surface area (Å²) in [6.07, 6.45) is -3.42. The molecule has 4 rings (SSSR count). The molecule has 0 unspecified atom stereocenters. The summed E-state index contributed by atoms with van der Waals surface area (Å²) in [6, 6.07) is 39.1. The van der Waals surface area contributed by atoms with Gasteiger partial charge in [0.05, 0.1) is 39.6 Å². The van der Waals surface area contributed by atoms with Gasteiger partial charge in [0.15, 0.2) is 0 Å². The van der Waals surface area contributed by atoms with Gasteiger partial charge in [0, 0.05) is 0 Å². The maximum absolute atomic E-state index is 11.4. The number of aliphatic hydroxyl groups excluding tert-OH is 2. The van der Waals surface area contributed by atoms with Crippen LogP contribution in [-0.4, -0.2) is 47.8 Å². The van der Waals surface area contributed by atoms with Crippen molar-refractivity contribution in [3.05, 3.63) is 144 Å². The van der Waals surface area contributed by atoms with Crippen molar-refractivity contribution in [2.75, 3.05) is 13.2 Å². The van der Waals surface area contributed by atoms with Crippen LogP contribution in [0, 0.1) is 0 Å². The molecule has 0 radical (unpaired) electrons. The molecule has 0 bridgehead atoms. The van der Waals surface area contributed by atoms with E-state index < -0.39 is 24.4 Å². The third kappa shape index (κ3) is 9.68. The summed E-state index contributed by atoms with van der Waals surface area (Å²) in [4.78, 5) is 0. The number of benzene rings is 4. The van der Waals surface area contributed by atoms with Gasteiger partial charge in [0.2, 0.25) is 0 Å². The van der Waals surface area contributed by atoms with Crippen molar-refractivity contribution >= 4 is 0 Å². The second kappa shape index (κ2) is 16.7. The SMILES string of the molecule is OC[C@@H](OCc1ccccc1)[C@H](OCc1ccccc1)[C@H](OCc1ccccc1)[C@@H](O)COCc1ccccc1. The molecule has 0 aliphatic carbocycles. The van der Waals surface area contributed by atoms with E-state index in [1.807, 2.05) is 121 Å². The van der Waals surface area contributed by atoms with E-state index in [0.29, 0.717) is 6.61 Å². The Morgan fingerprint density at radius 3 is 1.27 bits per heavy atom. The zero-order valence-corrected chi connectivity index (χ0v) is 22.6. The molecule has 6 heteroatoms. The van der Waals surface area contributed by atoms with Crippen molar-refractivity contribution < 1.29 is 29.2 Å². The Hall–Kier alpha value is -3.36. The Labute approximate surface area is 236 Å². The fraction of sp³-hybridized carbons (Fsp3) is 0.294. The highest BCUT2D eigenvalue weighted by Gasteiger charge is 2.37. The summed E-state index contributed by atoms with van der Waals surface area (Å²) in [7, 11) is 0. The number of ether oxygens (including phenoxy) is 4. The summed E-state index contributed by atoms with van der Waals surface area (Å²) in [6.45, 7) is 0.865. The predicted octanol–water partition coefficient (Wildman–Crippen LogP) is 5.31. The van der Waals surface area contributed by atoms with Crippen molar-refractivity contribution in [2.45, 2.75) is 50.8 Å². The normalized spacial score (nSPS) is 14.3. The van der Waals surface area contributed by atoms with Gasteiger partial charge in [-0.3, -0.25) is 0 Å². The average molecular weight is 543 g/mol. The molecule has 2 N–H and O–H groups in total. The van der Waals surface area contributed by atoms with E-state index >= 15 is 0 Å². The fourth-order valence-electron chi connectivity index (χ4n) is 4.37. The second-order valence-corrected chi connectivity index (χ2v) is 9.61. The standard InChI is InChI=1S/C34H38O6/c35-21-32(38-23-28-15-7-2-8-16-28)34(40-25-30-19-11-4-12-20-30)33(39-24-29-17-9-3-10-18-29)31(36)26-37-22-27-13-5-1-6-14-27/h1-20,31-36H,21-26H2/t31-,32+,33+,34-/m0/s1. The maximum atomic E-state index is 11.4. The van der Waals surface area contributed by atoms with Crippen molar-refractivity contribution in [2.24, 2.45) is 0 Å². The Morgan fingerprint density at radius 2 is 0.850 bits per heavy atom. The monoisotopic (exact) mass is 542 g/mol. The van der Waals surface area contributed by atoms with Gasteiger partial charge in [-0.25, -0.2) is 0 Å². The van der Waals surface area contributed by atoms with Crippen LogP contribution in [0.4, 0.5) is 0 Å². The van der Waals surface area contributed by atoms with Gasteiger partial charge in [0.25, 0.3) is 0 Å². The number of hydrogen-bond donors (Lipinski definition) is 2.